The molecular weight excluding hydrogens is 578 g/mol. The number of rotatable bonds is 12. The molecule has 244 valence electrons. The largest absolute Gasteiger partial charge is 0.492 e. The van der Waals surface area contributed by atoms with Gasteiger partial charge in [0, 0.05) is 76.2 Å². The van der Waals surface area contributed by atoms with Gasteiger partial charge in [0.05, 0.1) is 8.22 Å². The molecule has 0 bridgehead atoms. The van der Waals surface area contributed by atoms with Crippen LogP contribution in [0, 0.1) is 0 Å². The van der Waals surface area contributed by atoms with Gasteiger partial charge in [0.15, 0.2) is 0 Å². The first-order valence-corrected chi connectivity index (χ1v) is 15.6. The predicted octanol–water partition coefficient (Wildman–Crippen LogP) is 5.16. The second-order valence-corrected chi connectivity index (χ2v) is 11.9. The second kappa shape index (κ2) is 15.2. The summed E-state index contributed by atoms with van der Waals surface area (Å²) in [6.45, 7) is 3.62. The van der Waals surface area contributed by atoms with E-state index in [1.54, 1.807) is 60.3 Å². The summed E-state index contributed by atoms with van der Waals surface area (Å²) in [5, 5.41) is 19.2. The van der Waals surface area contributed by atoms with E-state index in [1.807, 2.05) is 14.1 Å². The van der Waals surface area contributed by atoms with E-state index in [1.165, 1.54) is 12.1 Å². The molecule has 0 atom stereocenters. The number of hydrogen-bond acceptors (Lipinski definition) is 8. The third-order valence-electron chi connectivity index (χ3n) is 8.12. The Labute approximate surface area is 281 Å². The zero-order chi connectivity index (χ0) is 37.9. The van der Waals surface area contributed by atoms with Crippen molar-refractivity contribution in [3.05, 3.63) is 102 Å². The molecule has 2 N–H and O–H groups in total. The molecule has 2 heterocycles. The molecule has 1 aromatic heterocycles. The highest BCUT2D eigenvalue weighted by atomic mass is 16.7. The summed E-state index contributed by atoms with van der Waals surface area (Å²) in [5.74, 6) is -1.25. The molecule has 46 heavy (non-hydrogen) atoms. The SMILES string of the molecule is [2H]C1=CC(=C(c2cc([2H])c(N(C)C)c([2H])c2)c2cc([2H])c(N3CCN(CCCCCC(=O)On4c(O)ccc4O)CC3)c([2H])c2)C=C([2H])C1N(C)C. The standard InChI is InChI=1S/C37H47N5O4/c1-38(2)31-15-9-28(10-16-31)37(29-11-17-32(18-12-29)39(3)4)30-13-19-33(20-14-30)41-26-24-40(25-27-41)23-7-5-6-8-36(45)46-42-34(43)21-22-35(42)44/h9-22,31,43-44H,5-8,23-27H2,1-4H3/i15D,16D,17D,18D,19D,20D. The summed E-state index contributed by atoms with van der Waals surface area (Å²) in [6, 6.07) is 9.81. The topological polar surface area (TPSA) is 84.6 Å². The van der Waals surface area contributed by atoms with Gasteiger partial charge in [0.25, 0.3) is 0 Å². The molecule has 1 aliphatic carbocycles. The summed E-state index contributed by atoms with van der Waals surface area (Å²) in [6.07, 6.45) is 5.83. The number of allylic oxidation sites excluding steroid dienone is 3. The summed E-state index contributed by atoms with van der Waals surface area (Å²) in [7, 11) is 7.20. The van der Waals surface area contributed by atoms with E-state index in [2.05, 4.69) is 9.80 Å². The van der Waals surface area contributed by atoms with E-state index in [4.69, 9.17) is 13.1 Å². The maximum Gasteiger partial charge on any atom is 0.333 e. The molecule has 9 nitrogen and oxygen atoms in total. The highest BCUT2D eigenvalue weighted by Gasteiger charge is 2.19. The molecule has 1 aliphatic heterocycles. The van der Waals surface area contributed by atoms with E-state index in [0.717, 1.165) is 32.5 Å². The highest BCUT2D eigenvalue weighted by molar-refractivity contribution is 5.86. The molecule has 0 unspecified atom stereocenters. The first kappa shape index (κ1) is 25.7. The Morgan fingerprint density at radius 3 is 2.00 bits per heavy atom. The van der Waals surface area contributed by atoms with Crippen LogP contribution in [0.15, 0.2) is 90.4 Å². The lowest BCUT2D eigenvalue weighted by molar-refractivity contribution is -0.145. The molecule has 0 saturated carbocycles. The Bertz CT molecular complexity index is 1810. The maximum atomic E-state index is 12.1. The lowest BCUT2D eigenvalue weighted by Crippen LogP contribution is -2.46. The van der Waals surface area contributed by atoms with Crippen LogP contribution in [0.25, 0.3) is 5.57 Å². The fourth-order valence-corrected chi connectivity index (χ4v) is 5.47. The Balaban J connectivity index is 1.29. The molecule has 0 radical (unpaired) electrons. The van der Waals surface area contributed by atoms with Gasteiger partial charge in [-0.2, -0.15) is 0 Å². The summed E-state index contributed by atoms with van der Waals surface area (Å²) >= 11 is 0. The van der Waals surface area contributed by atoms with Crippen LogP contribution in [0.2, 0.25) is 0 Å². The van der Waals surface area contributed by atoms with Crippen LogP contribution in [-0.2, 0) is 4.79 Å². The zero-order valence-corrected chi connectivity index (χ0v) is 27.0. The van der Waals surface area contributed by atoms with E-state index in [9.17, 15) is 15.0 Å². The molecule has 1 fully saturated rings. The molecule has 3 aromatic rings. The van der Waals surface area contributed by atoms with Gasteiger partial charge in [-0.15, -0.1) is 4.73 Å². The smallest absolute Gasteiger partial charge is 0.333 e. The third kappa shape index (κ3) is 8.21. The average Bonchev–Trinajstić information content (AvgIpc) is 3.36. The van der Waals surface area contributed by atoms with Crippen LogP contribution < -0.4 is 14.6 Å². The van der Waals surface area contributed by atoms with Crippen LogP contribution in [0.4, 0.5) is 11.4 Å². The predicted molar refractivity (Wildman–Crippen MR) is 185 cm³/mol. The Hall–Kier alpha value is -4.47. The lowest BCUT2D eigenvalue weighted by Gasteiger charge is -2.36. The van der Waals surface area contributed by atoms with Gasteiger partial charge in [0.2, 0.25) is 11.8 Å². The van der Waals surface area contributed by atoms with Gasteiger partial charge in [0.1, 0.15) is 0 Å². The molecule has 0 amide bonds. The fraction of sp³-hybridized carbons (Fsp3) is 0.378. The van der Waals surface area contributed by atoms with Gasteiger partial charge in [-0.25, -0.2) is 4.79 Å². The second-order valence-electron chi connectivity index (χ2n) is 11.9. The number of nitrogens with zero attached hydrogens (tertiary/aromatic N) is 5. The van der Waals surface area contributed by atoms with Crippen molar-refractivity contribution < 1.29 is 28.1 Å². The molecule has 5 rings (SSSR count). The normalized spacial score (nSPS) is 18.9. The Morgan fingerprint density at radius 1 is 0.848 bits per heavy atom. The van der Waals surface area contributed by atoms with Crippen molar-refractivity contribution in [2.45, 2.75) is 31.7 Å². The summed E-state index contributed by atoms with van der Waals surface area (Å²) in [4.78, 5) is 25.0. The van der Waals surface area contributed by atoms with Crippen molar-refractivity contribution in [3.63, 3.8) is 0 Å². The van der Waals surface area contributed by atoms with Gasteiger partial charge in [-0.05, 0) is 79.9 Å². The maximum absolute atomic E-state index is 12.1. The minimum absolute atomic E-state index is 0.155. The number of aromatic hydroxyl groups is 2. The number of carbonyl (C=O) groups is 1. The van der Waals surface area contributed by atoms with Crippen LogP contribution in [0.3, 0.4) is 0 Å². The van der Waals surface area contributed by atoms with Crippen molar-refractivity contribution in [3.8, 4) is 11.8 Å². The lowest BCUT2D eigenvalue weighted by atomic mass is 9.90. The third-order valence-corrected chi connectivity index (χ3v) is 8.12. The van der Waals surface area contributed by atoms with Crippen molar-refractivity contribution in [2.75, 3.05) is 70.7 Å². The molecule has 1 saturated heterocycles. The monoisotopic (exact) mass is 631 g/mol. The van der Waals surface area contributed by atoms with Gasteiger partial charge < -0.3 is 24.9 Å². The fourth-order valence-electron chi connectivity index (χ4n) is 5.47. The van der Waals surface area contributed by atoms with Crippen molar-refractivity contribution in [1.82, 2.24) is 14.5 Å². The van der Waals surface area contributed by atoms with Crippen molar-refractivity contribution in [2.24, 2.45) is 0 Å². The molecule has 9 heteroatoms. The van der Waals surface area contributed by atoms with E-state index < -0.39 is 12.0 Å². The summed E-state index contributed by atoms with van der Waals surface area (Å²) < 4.78 is 53.7. The Morgan fingerprint density at radius 2 is 1.43 bits per heavy atom. The van der Waals surface area contributed by atoms with E-state index in [0.29, 0.717) is 57.9 Å². The van der Waals surface area contributed by atoms with Gasteiger partial charge in [-0.3, -0.25) is 9.80 Å². The van der Waals surface area contributed by atoms with Crippen LogP contribution in [-0.4, -0.2) is 97.7 Å². The van der Waals surface area contributed by atoms with Crippen LogP contribution in [0.5, 0.6) is 11.8 Å². The van der Waals surface area contributed by atoms with Crippen LogP contribution >= 0.6 is 0 Å². The number of unbranched alkanes of at least 4 members (excludes halogenated alkanes) is 2. The zero-order valence-electron chi connectivity index (χ0n) is 33.0. The first-order valence-electron chi connectivity index (χ1n) is 18.6. The molecule has 2 aromatic carbocycles. The summed E-state index contributed by atoms with van der Waals surface area (Å²) in [5.41, 5.74) is 3.20. The number of hydrogen-bond donors (Lipinski definition) is 2. The number of piperazine rings is 1. The highest BCUT2D eigenvalue weighted by Crippen LogP contribution is 2.32. The quantitative estimate of drug-likeness (QED) is 0.265. The first-order chi connectivity index (χ1) is 24.7. The Kier molecular flexibility index (Phi) is 8.49. The minimum Gasteiger partial charge on any atom is -0.492 e. The van der Waals surface area contributed by atoms with E-state index in [-0.39, 0.29) is 54.5 Å². The molecular formula is C37H47N5O4. The van der Waals surface area contributed by atoms with Crippen molar-refractivity contribution >= 4 is 22.9 Å². The number of likely N-dealkylation sites (N-methyl/N-ethyl adjacent to an activating group) is 1. The number of aromatic nitrogens is 1. The van der Waals surface area contributed by atoms with E-state index >= 15 is 0 Å². The average molecular weight is 632 g/mol. The van der Waals surface area contributed by atoms with Crippen molar-refractivity contribution in [1.29, 1.82) is 0 Å². The molecule has 2 aliphatic rings. The number of benzene rings is 2. The van der Waals surface area contributed by atoms with Gasteiger partial charge >= 0.3 is 5.97 Å². The molecule has 0 spiro atoms. The van der Waals surface area contributed by atoms with Crippen LogP contribution in [0.1, 0.15) is 45.0 Å². The minimum atomic E-state index is -0.543. The number of anilines is 2. The van der Waals surface area contributed by atoms with Gasteiger partial charge in [-0.1, -0.05) is 54.9 Å². The number of carbonyl (C=O) groups excluding carboxylic acids is 1.